The Morgan fingerprint density at radius 3 is 2.61 bits per heavy atom. The first-order valence-corrected chi connectivity index (χ1v) is 6.10. The van der Waals surface area contributed by atoms with Crippen molar-refractivity contribution in [2.45, 2.75) is 26.7 Å². The van der Waals surface area contributed by atoms with Crippen LogP contribution in [0.4, 0.5) is 5.69 Å². The number of hydrogen-bond acceptors (Lipinski definition) is 2. The molecule has 1 aromatic rings. The van der Waals surface area contributed by atoms with Gasteiger partial charge in [0.1, 0.15) is 0 Å². The lowest BCUT2D eigenvalue weighted by Crippen LogP contribution is -2.12. The molecule has 0 aromatic heterocycles. The number of hydrogen-bond donors (Lipinski definition) is 2. The van der Waals surface area contributed by atoms with Gasteiger partial charge in [0.05, 0.1) is 10.6 Å². The lowest BCUT2D eigenvalue weighted by atomic mass is 10.1. The molecule has 1 aromatic carbocycles. The molecule has 5 heteroatoms. The van der Waals surface area contributed by atoms with Gasteiger partial charge in [-0.2, -0.15) is 0 Å². The van der Waals surface area contributed by atoms with Crippen LogP contribution in [0.15, 0.2) is 18.2 Å². The summed E-state index contributed by atoms with van der Waals surface area (Å²) in [6.07, 6.45) is 1.22. The van der Waals surface area contributed by atoms with Crippen molar-refractivity contribution >= 4 is 29.2 Å². The first-order chi connectivity index (χ1) is 8.40. The minimum absolute atomic E-state index is 0.0154. The number of benzene rings is 1. The largest absolute Gasteiger partial charge is 0.478 e. The fourth-order valence-electron chi connectivity index (χ4n) is 1.41. The number of carbonyl (C=O) groups excluding carboxylic acids is 1. The summed E-state index contributed by atoms with van der Waals surface area (Å²) in [6, 6.07) is 4.41. The van der Waals surface area contributed by atoms with E-state index >= 15 is 0 Å². The highest BCUT2D eigenvalue weighted by Gasteiger charge is 2.11. The lowest BCUT2D eigenvalue weighted by Gasteiger charge is -2.08. The topological polar surface area (TPSA) is 66.4 Å². The zero-order chi connectivity index (χ0) is 13.7. The summed E-state index contributed by atoms with van der Waals surface area (Å²) in [4.78, 5) is 22.5. The van der Waals surface area contributed by atoms with Crippen LogP contribution in [-0.4, -0.2) is 17.0 Å². The molecule has 0 fully saturated rings. The number of amides is 1. The molecule has 0 atom stereocenters. The molecule has 4 nitrogen and oxygen atoms in total. The molecule has 0 saturated carbocycles. The predicted octanol–water partition coefficient (Wildman–Crippen LogP) is 3.41. The number of aromatic carboxylic acids is 1. The standard InChI is InChI=1S/C13H16ClNO3/c1-8(2)3-6-12(16)15-9-4-5-11(14)10(7-9)13(17)18/h4-5,7-8H,3,6H2,1-2H3,(H,15,16)(H,17,18). The van der Waals surface area contributed by atoms with E-state index in [9.17, 15) is 9.59 Å². The number of carbonyl (C=O) groups is 2. The molecule has 0 bridgehead atoms. The molecule has 98 valence electrons. The molecule has 1 amide bonds. The molecule has 0 aliphatic carbocycles. The Morgan fingerprint density at radius 2 is 2.06 bits per heavy atom. The molecule has 0 aliphatic heterocycles. The zero-order valence-electron chi connectivity index (χ0n) is 10.4. The van der Waals surface area contributed by atoms with Gasteiger partial charge in [0, 0.05) is 12.1 Å². The molecular formula is C13H16ClNO3. The number of carboxylic acids is 1. The molecule has 0 aliphatic rings. The average Bonchev–Trinajstić information content (AvgIpc) is 2.28. The van der Waals surface area contributed by atoms with Crippen LogP contribution in [-0.2, 0) is 4.79 Å². The summed E-state index contributed by atoms with van der Waals surface area (Å²) in [6.45, 7) is 4.08. The van der Waals surface area contributed by atoms with E-state index in [1.54, 1.807) is 6.07 Å². The number of halogens is 1. The third-order valence-corrected chi connectivity index (χ3v) is 2.76. The van der Waals surface area contributed by atoms with E-state index in [0.29, 0.717) is 18.0 Å². The van der Waals surface area contributed by atoms with Crippen LogP contribution in [0.5, 0.6) is 0 Å². The number of anilines is 1. The van der Waals surface area contributed by atoms with Gasteiger partial charge in [-0.1, -0.05) is 25.4 Å². The minimum Gasteiger partial charge on any atom is -0.478 e. The van der Waals surface area contributed by atoms with E-state index in [2.05, 4.69) is 5.32 Å². The number of nitrogens with one attached hydrogen (secondary N) is 1. The van der Waals surface area contributed by atoms with Crippen LogP contribution in [0.25, 0.3) is 0 Å². The lowest BCUT2D eigenvalue weighted by molar-refractivity contribution is -0.116. The average molecular weight is 270 g/mol. The van der Waals surface area contributed by atoms with Crippen molar-refractivity contribution in [1.29, 1.82) is 0 Å². The van der Waals surface area contributed by atoms with Crippen LogP contribution in [0.3, 0.4) is 0 Å². The quantitative estimate of drug-likeness (QED) is 0.861. The maximum Gasteiger partial charge on any atom is 0.337 e. The fraction of sp³-hybridized carbons (Fsp3) is 0.385. The molecular weight excluding hydrogens is 254 g/mol. The summed E-state index contributed by atoms with van der Waals surface area (Å²) in [7, 11) is 0. The zero-order valence-corrected chi connectivity index (χ0v) is 11.1. The molecule has 0 spiro atoms. The number of carboxylic acid groups (broad SMARTS) is 1. The summed E-state index contributed by atoms with van der Waals surface area (Å²) in [5.41, 5.74) is 0.434. The van der Waals surface area contributed by atoms with Gasteiger partial charge in [-0.3, -0.25) is 4.79 Å². The minimum atomic E-state index is -1.11. The van der Waals surface area contributed by atoms with Gasteiger partial charge >= 0.3 is 5.97 Å². The summed E-state index contributed by atoms with van der Waals surface area (Å²) in [5.74, 6) is -0.781. The van der Waals surface area contributed by atoms with Crippen LogP contribution in [0, 0.1) is 5.92 Å². The van der Waals surface area contributed by atoms with Gasteiger partial charge in [0.25, 0.3) is 0 Å². The highest BCUT2D eigenvalue weighted by atomic mass is 35.5. The third-order valence-electron chi connectivity index (χ3n) is 2.43. The Hall–Kier alpha value is -1.55. The Morgan fingerprint density at radius 1 is 1.39 bits per heavy atom. The first kappa shape index (κ1) is 14.5. The maximum absolute atomic E-state index is 11.6. The second kappa shape index (κ2) is 6.40. The van der Waals surface area contributed by atoms with Crippen molar-refractivity contribution in [3.05, 3.63) is 28.8 Å². The van der Waals surface area contributed by atoms with Crippen LogP contribution in [0.1, 0.15) is 37.0 Å². The van der Waals surface area contributed by atoms with E-state index in [-0.39, 0.29) is 16.5 Å². The monoisotopic (exact) mass is 269 g/mol. The second-order valence-electron chi connectivity index (χ2n) is 4.48. The molecule has 1 rings (SSSR count). The smallest absolute Gasteiger partial charge is 0.337 e. The molecule has 0 saturated heterocycles. The number of rotatable bonds is 5. The van der Waals surface area contributed by atoms with Crippen molar-refractivity contribution in [2.24, 2.45) is 5.92 Å². The Labute approximate surface area is 111 Å². The van der Waals surface area contributed by atoms with E-state index in [1.165, 1.54) is 12.1 Å². The molecule has 0 heterocycles. The normalized spacial score (nSPS) is 10.4. The summed E-state index contributed by atoms with van der Waals surface area (Å²) < 4.78 is 0. The van der Waals surface area contributed by atoms with Gasteiger partial charge in [0.2, 0.25) is 5.91 Å². The van der Waals surface area contributed by atoms with E-state index < -0.39 is 5.97 Å². The Kier molecular flexibility index (Phi) is 5.16. The van der Waals surface area contributed by atoms with Gasteiger partial charge in [-0.05, 0) is 30.5 Å². The molecule has 18 heavy (non-hydrogen) atoms. The Bertz CT molecular complexity index is 458. The van der Waals surface area contributed by atoms with Gasteiger partial charge in [-0.15, -0.1) is 0 Å². The van der Waals surface area contributed by atoms with Crippen LogP contribution in [0.2, 0.25) is 5.02 Å². The Balaban J connectivity index is 2.70. The highest BCUT2D eigenvalue weighted by molar-refractivity contribution is 6.33. The molecule has 0 unspecified atom stereocenters. The first-order valence-electron chi connectivity index (χ1n) is 5.73. The third kappa shape index (κ3) is 4.37. The van der Waals surface area contributed by atoms with Gasteiger partial charge in [0.15, 0.2) is 0 Å². The second-order valence-corrected chi connectivity index (χ2v) is 4.89. The van der Waals surface area contributed by atoms with Crippen LogP contribution >= 0.6 is 11.6 Å². The molecule has 2 N–H and O–H groups in total. The van der Waals surface area contributed by atoms with E-state index in [4.69, 9.17) is 16.7 Å². The van der Waals surface area contributed by atoms with Crippen molar-refractivity contribution in [1.82, 2.24) is 0 Å². The van der Waals surface area contributed by atoms with Gasteiger partial charge in [-0.25, -0.2) is 4.79 Å². The van der Waals surface area contributed by atoms with E-state index in [1.807, 2.05) is 13.8 Å². The highest BCUT2D eigenvalue weighted by Crippen LogP contribution is 2.20. The van der Waals surface area contributed by atoms with Crippen molar-refractivity contribution < 1.29 is 14.7 Å². The molecule has 0 radical (unpaired) electrons. The maximum atomic E-state index is 11.6. The van der Waals surface area contributed by atoms with E-state index in [0.717, 1.165) is 6.42 Å². The van der Waals surface area contributed by atoms with Crippen molar-refractivity contribution in [2.75, 3.05) is 5.32 Å². The van der Waals surface area contributed by atoms with Crippen LogP contribution < -0.4 is 5.32 Å². The van der Waals surface area contributed by atoms with Crippen molar-refractivity contribution in [3.8, 4) is 0 Å². The predicted molar refractivity (Wildman–Crippen MR) is 71.1 cm³/mol. The fourth-order valence-corrected chi connectivity index (χ4v) is 1.61. The SMILES string of the molecule is CC(C)CCC(=O)Nc1ccc(Cl)c(C(=O)O)c1. The summed E-state index contributed by atoms with van der Waals surface area (Å²) >= 11 is 5.74. The summed E-state index contributed by atoms with van der Waals surface area (Å²) in [5, 5.41) is 11.7. The van der Waals surface area contributed by atoms with Gasteiger partial charge < -0.3 is 10.4 Å². The van der Waals surface area contributed by atoms with Crippen molar-refractivity contribution in [3.63, 3.8) is 0 Å².